The second-order valence-corrected chi connectivity index (χ2v) is 6.71. The SMILES string of the molecule is C[C@@H](NC(=O)C1(CN)CCCCC1)c1ccc(Br)cc1. The lowest BCUT2D eigenvalue weighted by Gasteiger charge is -2.35. The zero-order valence-corrected chi connectivity index (χ0v) is 13.6. The molecule has 0 saturated heterocycles. The van der Waals surface area contributed by atoms with E-state index in [0.717, 1.165) is 35.7 Å². The second-order valence-electron chi connectivity index (χ2n) is 5.79. The Kier molecular flexibility index (Phi) is 5.22. The first-order valence-electron chi connectivity index (χ1n) is 7.34. The van der Waals surface area contributed by atoms with Gasteiger partial charge in [0.2, 0.25) is 5.91 Å². The van der Waals surface area contributed by atoms with E-state index in [1.807, 2.05) is 31.2 Å². The maximum absolute atomic E-state index is 12.6. The summed E-state index contributed by atoms with van der Waals surface area (Å²) in [5.74, 6) is 0.120. The molecule has 0 aliphatic heterocycles. The third-order valence-corrected chi connectivity index (χ3v) is 4.93. The largest absolute Gasteiger partial charge is 0.349 e. The van der Waals surface area contributed by atoms with Crippen LogP contribution in [0, 0.1) is 5.41 Å². The number of nitrogens with one attached hydrogen (secondary N) is 1. The predicted molar refractivity (Wildman–Crippen MR) is 85.3 cm³/mol. The van der Waals surface area contributed by atoms with E-state index in [2.05, 4.69) is 21.2 Å². The Labute approximate surface area is 129 Å². The molecule has 1 saturated carbocycles. The highest BCUT2D eigenvalue weighted by Crippen LogP contribution is 2.36. The highest BCUT2D eigenvalue weighted by Gasteiger charge is 2.38. The van der Waals surface area contributed by atoms with Crippen molar-refractivity contribution in [3.63, 3.8) is 0 Å². The van der Waals surface area contributed by atoms with E-state index < -0.39 is 0 Å². The van der Waals surface area contributed by atoms with Crippen molar-refractivity contribution in [3.8, 4) is 0 Å². The quantitative estimate of drug-likeness (QED) is 0.882. The molecule has 3 nitrogen and oxygen atoms in total. The first-order chi connectivity index (χ1) is 9.57. The topological polar surface area (TPSA) is 55.1 Å². The maximum Gasteiger partial charge on any atom is 0.227 e. The molecule has 0 spiro atoms. The maximum atomic E-state index is 12.6. The fourth-order valence-corrected chi connectivity index (χ4v) is 3.20. The Balaban J connectivity index is 2.04. The fourth-order valence-electron chi connectivity index (χ4n) is 2.94. The van der Waals surface area contributed by atoms with Crippen molar-refractivity contribution in [1.82, 2.24) is 5.32 Å². The van der Waals surface area contributed by atoms with E-state index >= 15 is 0 Å². The number of nitrogens with two attached hydrogens (primary N) is 1. The lowest BCUT2D eigenvalue weighted by atomic mass is 9.73. The zero-order valence-electron chi connectivity index (χ0n) is 12.0. The summed E-state index contributed by atoms with van der Waals surface area (Å²) in [4.78, 5) is 12.6. The summed E-state index contributed by atoms with van der Waals surface area (Å²) < 4.78 is 1.05. The van der Waals surface area contributed by atoms with Crippen LogP contribution in [0.25, 0.3) is 0 Å². The van der Waals surface area contributed by atoms with Crippen molar-refractivity contribution < 1.29 is 4.79 Å². The normalized spacial score (nSPS) is 19.4. The second kappa shape index (κ2) is 6.72. The molecule has 2 rings (SSSR count). The predicted octanol–water partition coefficient (Wildman–Crippen LogP) is 3.54. The Hall–Kier alpha value is -0.870. The summed E-state index contributed by atoms with van der Waals surface area (Å²) in [6.45, 7) is 2.47. The van der Waals surface area contributed by atoms with Gasteiger partial charge in [-0.2, -0.15) is 0 Å². The number of carbonyl (C=O) groups is 1. The number of rotatable bonds is 4. The average Bonchev–Trinajstić information content (AvgIpc) is 2.48. The molecule has 1 aliphatic rings. The van der Waals surface area contributed by atoms with E-state index in [1.54, 1.807) is 0 Å². The highest BCUT2D eigenvalue weighted by atomic mass is 79.9. The molecule has 3 N–H and O–H groups in total. The van der Waals surface area contributed by atoms with Crippen LogP contribution in [0.2, 0.25) is 0 Å². The molecule has 20 heavy (non-hydrogen) atoms. The third-order valence-electron chi connectivity index (χ3n) is 4.40. The Morgan fingerprint density at radius 2 is 1.90 bits per heavy atom. The van der Waals surface area contributed by atoms with E-state index in [-0.39, 0.29) is 17.4 Å². The summed E-state index contributed by atoms with van der Waals surface area (Å²) in [6.07, 6.45) is 5.27. The molecule has 0 unspecified atom stereocenters. The van der Waals surface area contributed by atoms with Gasteiger partial charge in [-0.25, -0.2) is 0 Å². The molecule has 0 aromatic heterocycles. The molecule has 0 heterocycles. The van der Waals surface area contributed by atoms with Gasteiger partial charge in [-0.3, -0.25) is 4.79 Å². The zero-order chi connectivity index (χ0) is 14.6. The summed E-state index contributed by atoms with van der Waals surface area (Å²) in [6, 6.07) is 8.07. The van der Waals surface area contributed by atoms with Gasteiger partial charge >= 0.3 is 0 Å². The first kappa shape index (κ1) is 15.5. The smallest absolute Gasteiger partial charge is 0.227 e. The number of hydrogen-bond donors (Lipinski definition) is 2. The number of halogens is 1. The number of benzene rings is 1. The fraction of sp³-hybridized carbons (Fsp3) is 0.562. The molecule has 1 amide bonds. The van der Waals surface area contributed by atoms with Gasteiger partial charge in [0.25, 0.3) is 0 Å². The van der Waals surface area contributed by atoms with Crippen LogP contribution in [0.1, 0.15) is 50.6 Å². The van der Waals surface area contributed by atoms with Gasteiger partial charge in [0, 0.05) is 11.0 Å². The molecule has 4 heteroatoms. The van der Waals surface area contributed by atoms with Crippen LogP contribution in [-0.4, -0.2) is 12.5 Å². The average molecular weight is 339 g/mol. The van der Waals surface area contributed by atoms with Gasteiger partial charge in [0.1, 0.15) is 0 Å². The van der Waals surface area contributed by atoms with Crippen LogP contribution in [-0.2, 0) is 4.79 Å². The Morgan fingerprint density at radius 3 is 2.45 bits per heavy atom. The minimum atomic E-state index is -0.345. The third kappa shape index (κ3) is 3.41. The summed E-state index contributed by atoms with van der Waals surface area (Å²) >= 11 is 3.42. The van der Waals surface area contributed by atoms with Gasteiger partial charge in [0.15, 0.2) is 0 Å². The van der Waals surface area contributed by atoms with Crippen molar-refractivity contribution in [1.29, 1.82) is 0 Å². The Morgan fingerprint density at radius 1 is 1.30 bits per heavy atom. The van der Waals surface area contributed by atoms with Gasteiger partial charge in [-0.05, 0) is 37.5 Å². The number of amides is 1. The van der Waals surface area contributed by atoms with Crippen molar-refractivity contribution in [2.75, 3.05) is 6.54 Å². The molecule has 1 aromatic carbocycles. The summed E-state index contributed by atoms with van der Waals surface area (Å²) in [5, 5.41) is 3.14. The van der Waals surface area contributed by atoms with Crippen molar-refractivity contribution in [2.45, 2.75) is 45.1 Å². The summed E-state index contributed by atoms with van der Waals surface area (Å²) in [7, 11) is 0. The molecule has 0 bridgehead atoms. The highest BCUT2D eigenvalue weighted by molar-refractivity contribution is 9.10. The van der Waals surface area contributed by atoms with Crippen LogP contribution >= 0.6 is 15.9 Å². The minimum Gasteiger partial charge on any atom is -0.349 e. The van der Waals surface area contributed by atoms with E-state index in [9.17, 15) is 4.79 Å². The summed E-state index contributed by atoms with van der Waals surface area (Å²) in [5.41, 5.74) is 6.68. The van der Waals surface area contributed by atoms with Gasteiger partial charge in [-0.1, -0.05) is 47.3 Å². The number of hydrogen-bond acceptors (Lipinski definition) is 2. The van der Waals surface area contributed by atoms with Crippen LogP contribution in [0.5, 0.6) is 0 Å². The van der Waals surface area contributed by atoms with Crippen molar-refractivity contribution >= 4 is 21.8 Å². The molecule has 1 aliphatic carbocycles. The molecule has 110 valence electrons. The van der Waals surface area contributed by atoms with Crippen LogP contribution in [0.15, 0.2) is 28.7 Å². The van der Waals surface area contributed by atoms with Crippen molar-refractivity contribution in [3.05, 3.63) is 34.3 Å². The van der Waals surface area contributed by atoms with E-state index in [1.165, 1.54) is 6.42 Å². The molecule has 1 fully saturated rings. The molecule has 1 aromatic rings. The molecular weight excluding hydrogens is 316 g/mol. The Bertz CT molecular complexity index is 452. The van der Waals surface area contributed by atoms with Crippen LogP contribution in [0.3, 0.4) is 0 Å². The van der Waals surface area contributed by atoms with Gasteiger partial charge in [-0.15, -0.1) is 0 Å². The van der Waals surface area contributed by atoms with Crippen LogP contribution in [0.4, 0.5) is 0 Å². The minimum absolute atomic E-state index is 0.0148. The lowest BCUT2D eigenvalue weighted by Crippen LogP contribution is -2.47. The van der Waals surface area contributed by atoms with Crippen molar-refractivity contribution in [2.24, 2.45) is 11.1 Å². The molecule has 0 radical (unpaired) electrons. The molecule has 1 atom stereocenters. The monoisotopic (exact) mass is 338 g/mol. The van der Waals surface area contributed by atoms with E-state index in [0.29, 0.717) is 6.54 Å². The van der Waals surface area contributed by atoms with Gasteiger partial charge in [0.05, 0.1) is 11.5 Å². The van der Waals surface area contributed by atoms with Gasteiger partial charge < -0.3 is 11.1 Å². The van der Waals surface area contributed by atoms with E-state index in [4.69, 9.17) is 5.73 Å². The molecular formula is C16H23BrN2O. The van der Waals surface area contributed by atoms with Crippen LogP contribution < -0.4 is 11.1 Å². The standard InChI is InChI=1S/C16H23BrN2O/c1-12(13-5-7-14(17)8-6-13)19-15(20)16(11-18)9-3-2-4-10-16/h5-8,12H,2-4,9-11,18H2,1H3,(H,19,20)/t12-/m1/s1. The lowest BCUT2D eigenvalue weighted by molar-refractivity contribution is -0.133. The first-order valence-corrected chi connectivity index (χ1v) is 8.13. The number of carbonyl (C=O) groups excluding carboxylic acids is 1.